The van der Waals surface area contributed by atoms with Gasteiger partial charge in [-0.2, -0.15) is 0 Å². The molecule has 1 heterocycles. The van der Waals surface area contributed by atoms with Crippen molar-refractivity contribution in [2.75, 3.05) is 10.3 Å². The van der Waals surface area contributed by atoms with Crippen LogP contribution in [0.4, 0.5) is 5.69 Å². The van der Waals surface area contributed by atoms with Crippen molar-refractivity contribution in [2.45, 2.75) is 6.54 Å². The zero-order valence-electron chi connectivity index (χ0n) is 12.7. The van der Waals surface area contributed by atoms with Crippen molar-refractivity contribution in [3.8, 4) is 0 Å². The van der Waals surface area contributed by atoms with Gasteiger partial charge >= 0.3 is 11.8 Å². The van der Waals surface area contributed by atoms with Crippen molar-refractivity contribution in [1.82, 2.24) is 14.9 Å². The second kappa shape index (κ2) is 7.19. The molecular formula is C17H15N5O2. The lowest BCUT2D eigenvalue weighted by Gasteiger charge is -2.22. The maximum absolute atomic E-state index is 12.6. The van der Waals surface area contributed by atoms with Gasteiger partial charge in [-0.1, -0.05) is 48.5 Å². The average Bonchev–Trinajstić information content (AvgIpc) is 3.14. The van der Waals surface area contributed by atoms with Gasteiger partial charge in [0.25, 0.3) is 0 Å². The molecule has 3 rings (SSSR count). The summed E-state index contributed by atoms with van der Waals surface area (Å²) in [5.74, 6) is -1.44. The fraction of sp³-hybridized carbons (Fsp3) is 0.0588. The lowest BCUT2D eigenvalue weighted by Crippen LogP contribution is -2.41. The summed E-state index contributed by atoms with van der Waals surface area (Å²) in [5, 5.41) is 7.16. The highest BCUT2D eigenvalue weighted by molar-refractivity contribution is 6.43. The largest absolute Gasteiger partial charge is 0.328 e. The first-order valence-corrected chi connectivity index (χ1v) is 7.30. The SMILES string of the molecule is O=C(Nn1cnnc1)C(=O)N(Cc1ccccc1)c1ccccc1. The summed E-state index contributed by atoms with van der Waals surface area (Å²) in [6.45, 7) is 0.291. The minimum Gasteiger partial charge on any atom is -0.300 e. The summed E-state index contributed by atoms with van der Waals surface area (Å²) < 4.78 is 1.23. The first-order chi connectivity index (χ1) is 11.7. The monoisotopic (exact) mass is 321 g/mol. The van der Waals surface area contributed by atoms with Gasteiger partial charge in [0.2, 0.25) is 0 Å². The zero-order chi connectivity index (χ0) is 16.8. The van der Waals surface area contributed by atoms with Crippen molar-refractivity contribution in [1.29, 1.82) is 0 Å². The minimum absolute atomic E-state index is 0.291. The van der Waals surface area contributed by atoms with E-state index in [0.29, 0.717) is 12.2 Å². The third-order valence-corrected chi connectivity index (χ3v) is 3.34. The van der Waals surface area contributed by atoms with E-state index in [1.165, 1.54) is 22.2 Å². The number of rotatable bonds is 4. The van der Waals surface area contributed by atoms with Crippen LogP contribution in [0.1, 0.15) is 5.56 Å². The average molecular weight is 321 g/mol. The van der Waals surface area contributed by atoms with Gasteiger partial charge in [-0.3, -0.25) is 19.9 Å². The molecule has 0 saturated heterocycles. The summed E-state index contributed by atoms with van der Waals surface area (Å²) in [6, 6.07) is 18.5. The smallest absolute Gasteiger partial charge is 0.300 e. The molecule has 24 heavy (non-hydrogen) atoms. The quantitative estimate of drug-likeness (QED) is 0.740. The molecule has 0 atom stereocenters. The van der Waals surface area contributed by atoms with Gasteiger partial charge in [0.1, 0.15) is 12.7 Å². The predicted octanol–water partition coefficient (Wildman–Crippen LogP) is 1.58. The Hall–Kier alpha value is -3.48. The Kier molecular flexibility index (Phi) is 4.62. The minimum atomic E-state index is -0.769. The van der Waals surface area contributed by atoms with E-state index >= 15 is 0 Å². The molecule has 0 aliphatic heterocycles. The summed E-state index contributed by atoms with van der Waals surface area (Å²) >= 11 is 0. The molecule has 0 bridgehead atoms. The highest BCUT2D eigenvalue weighted by atomic mass is 16.2. The maximum atomic E-state index is 12.6. The van der Waals surface area contributed by atoms with E-state index in [2.05, 4.69) is 15.6 Å². The van der Waals surface area contributed by atoms with E-state index < -0.39 is 11.8 Å². The van der Waals surface area contributed by atoms with Crippen LogP contribution in [0.15, 0.2) is 73.3 Å². The molecule has 1 N–H and O–H groups in total. The number of carbonyl (C=O) groups is 2. The van der Waals surface area contributed by atoms with E-state index in [-0.39, 0.29) is 0 Å². The Balaban J connectivity index is 1.83. The van der Waals surface area contributed by atoms with Gasteiger partial charge in [-0.15, -0.1) is 10.2 Å². The molecule has 0 aliphatic carbocycles. The number of nitrogens with one attached hydrogen (secondary N) is 1. The summed E-state index contributed by atoms with van der Waals surface area (Å²) in [5.41, 5.74) is 3.99. The van der Waals surface area contributed by atoms with Gasteiger partial charge in [-0.25, -0.2) is 4.68 Å². The molecule has 120 valence electrons. The van der Waals surface area contributed by atoms with Crippen molar-refractivity contribution < 1.29 is 9.59 Å². The van der Waals surface area contributed by atoms with Crippen molar-refractivity contribution >= 4 is 17.5 Å². The molecule has 0 saturated carbocycles. The van der Waals surface area contributed by atoms with Crippen LogP contribution in [0.3, 0.4) is 0 Å². The fourth-order valence-electron chi connectivity index (χ4n) is 2.20. The molecule has 0 radical (unpaired) electrons. The number of benzene rings is 2. The van der Waals surface area contributed by atoms with E-state index in [0.717, 1.165) is 5.56 Å². The number of hydrogen-bond acceptors (Lipinski definition) is 4. The van der Waals surface area contributed by atoms with Crippen LogP contribution >= 0.6 is 0 Å². The van der Waals surface area contributed by atoms with E-state index in [1.807, 2.05) is 48.5 Å². The van der Waals surface area contributed by atoms with Crippen LogP contribution in [0.2, 0.25) is 0 Å². The number of para-hydroxylation sites is 1. The number of carbonyl (C=O) groups excluding carboxylic acids is 2. The van der Waals surface area contributed by atoms with E-state index in [4.69, 9.17) is 0 Å². The molecular weight excluding hydrogens is 306 g/mol. The van der Waals surface area contributed by atoms with Gasteiger partial charge in [0.05, 0.1) is 6.54 Å². The van der Waals surface area contributed by atoms with Gasteiger partial charge in [-0.05, 0) is 17.7 Å². The lowest BCUT2D eigenvalue weighted by atomic mass is 10.2. The first-order valence-electron chi connectivity index (χ1n) is 7.30. The number of nitrogens with zero attached hydrogens (tertiary/aromatic N) is 4. The van der Waals surface area contributed by atoms with Crippen LogP contribution in [0.25, 0.3) is 0 Å². The maximum Gasteiger partial charge on any atom is 0.328 e. The topological polar surface area (TPSA) is 80.1 Å². The molecule has 2 amide bonds. The molecule has 1 aromatic heterocycles. The molecule has 0 spiro atoms. The second-order valence-corrected chi connectivity index (χ2v) is 5.02. The van der Waals surface area contributed by atoms with Crippen LogP contribution in [0.5, 0.6) is 0 Å². The predicted molar refractivity (Wildman–Crippen MR) is 88.5 cm³/mol. The summed E-state index contributed by atoms with van der Waals surface area (Å²) in [6.07, 6.45) is 2.60. The van der Waals surface area contributed by atoms with E-state index in [9.17, 15) is 9.59 Å². The molecule has 0 aliphatic rings. The Labute approximate surface area is 138 Å². The molecule has 7 nitrogen and oxygen atoms in total. The van der Waals surface area contributed by atoms with Crippen LogP contribution in [0, 0.1) is 0 Å². The van der Waals surface area contributed by atoms with Crippen molar-refractivity contribution in [2.24, 2.45) is 0 Å². The number of hydrogen-bond donors (Lipinski definition) is 1. The number of anilines is 1. The molecule has 2 aromatic carbocycles. The van der Waals surface area contributed by atoms with Crippen molar-refractivity contribution in [3.63, 3.8) is 0 Å². The highest BCUT2D eigenvalue weighted by Gasteiger charge is 2.23. The Morgan fingerprint density at radius 3 is 2.12 bits per heavy atom. The zero-order valence-corrected chi connectivity index (χ0v) is 12.7. The van der Waals surface area contributed by atoms with Crippen LogP contribution in [-0.2, 0) is 16.1 Å². The molecule has 7 heteroatoms. The lowest BCUT2D eigenvalue weighted by molar-refractivity contribution is -0.135. The first kappa shape index (κ1) is 15.4. The third-order valence-electron chi connectivity index (χ3n) is 3.34. The summed E-state index contributed by atoms with van der Waals surface area (Å²) in [7, 11) is 0. The standard InChI is InChI=1S/C17H15N5O2/c23-16(20-21-12-18-19-13-21)17(24)22(15-9-5-2-6-10-15)11-14-7-3-1-4-8-14/h1-10,12-13H,11H2,(H,20,23). The van der Waals surface area contributed by atoms with Gasteiger partial charge in [0, 0.05) is 5.69 Å². The molecule has 3 aromatic rings. The van der Waals surface area contributed by atoms with Crippen LogP contribution < -0.4 is 10.3 Å². The number of aromatic nitrogens is 3. The molecule has 0 unspecified atom stereocenters. The highest BCUT2D eigenvalue weighted by Crippen LogP contribution is 2.17. The Bertz CT molecular complexity index is 804. The number of amides is 2. The molecule has 0 fully saturated rings. The van der Waals surface area contributed by atoms with Crippen molar-refractivity contribution in [3.05, 3.63) is 78.9 Å². The van der Waals surface area contributed by atoms with Gasteiger partial charge < -0.3 is 0 Å². The third kappa shape index (κ3) is 3.64. The summed E-state index contributed by atoms with van der Waals surface area (Å²) in [4.78, 5) is 26.3. The Morgan fingerprint density at radius 2 is 1.50 bits per heavy atom. The Morgan fingerprint density at radius 1 is 0.917 bits per heavy atom. The second-order valence-electron chi connectivity index (χ2n) is 5.02. The van der Waals surface area contributed by atoms with Crippen LogP contribution in [-0.4, -0.2) is 26.7 Å². The van der Waals surface area contributed by atoms with E-state index in [1.54, 1.807) is 12.1 Å². The van der Waals surface area contributed by atoms with Gasteiger partial charge in [0.15, 0.2) is 0 Å². The normalized spacial score (nSPS) is 10.2. The fourth-order valence-corrected chi connectivity index (χ4v) is 2.20.